The summed E-state index contributed by atoms with van der Waals surface area (Å²) in [6.07, 6.45) is 0.613. The molecule has 7 nitrogen and oxygen atoms in total. The van der Waals surface area contributed by atoms with Crippen LogP contribution in [0.1, 0.15) is 18.9 Å². The van der Waals surface area contributed by atoms with Crippen LogP contribution in [0.15, 0.2) is 42.5 Å². The average Bonchev–Trinajstić information content (AvgIpc) is 2.62. The van der Waals surface area contributed by atoms with Gasteiger partial charge in [-0.2, -0.15) is 0 Å². The summed E-state index contributed by atoms with van der Waals surface area (Å²) in [4.78, 5) is 36.2. The van der Waals surface area contributed by atoms with E-state index in [0.29, 0.717) is 39.6 Å². The van der Waals surface area contributed by atoms with E-state index in [9.17, 15) is 19.5 Å². The molecule has 3 N–H and O–H groups in total. The first kappa shape index (κ1) is 20.7. The highest BCUT2D eigenvalue weighted by Crippen LogP contribution is 2.41. The maximum absolute atomic E-state index is 12.5. The molecule has 1 aliphatic heterocycles. The normalized spacial score (nSPS) is 14.3. The Morgan fingerprint density at radius 1 is 1.07 bits per heavy atom. The molecule has 29 heavy (non-hydrogen) atoms. The number of hydrogen-bond acceptors (Lipinski definition) is 3. The Morgan fingerprint density at radius 2 is 1.69 bits per heavy atom. The van der Waals surface area contributed by atoms with Gasteiger partial charge < -0.3 is 15.7 Å². The lowest BCUT2D eigenvalue weighted by molar-refractivity contribution is -0.114. The molecular weight excluding hydrogens is 417 g/mol. The fourth-order valence-corrected chi connectivity index (χ4v) is 3.69. The number of nitrogens with zero attached hydrogens (tertiary/aromatic N) is 1. The van der Waals surface area contributed by atoms with Crippen LogP contribution < -0.4 is 15.5 Å². The summed E-state index contributed by atoms with van der Waals surface area (Å²) in [5.74, 6) is -0.567. The van der Waals surface area contributed by atoms with Gasteiger partial charge in [-0.15, -0.1) is 0 Å². The van der Waals surface area contributed by atoms with Gasteiger partial charge in [-0.05, 0) is 48.4 Å². The van der Waals surface area contributed by atoms with Crippen molar-refractivity contribution in [2.45, 2.75) is 13.3 Å². The molecule has 0 aromatic heterocycles. The Hall–Kier alpha value is -3.03. The Morgan fingerprint density at radius 3 is 2.28 bits per heavy atom. The van der Waals surface area contributed by atoms with E-state index in [0.717, 1.165) is 4.90 Å². The van der Waals surface area contributed by atoms with Crippen LogP contribution in [0.5, 0.6) is 0 Å². The largest absolute Gasteiger partial charge is 0.465 e. The Balaban J connectivity index is 1.85. The standard InChI is InChI=1S/C20H17Cl2N3O4/c1-11(26)23-14-2-4-15(5-3-14)24-18(27)8-12-6-7-25(20(28)29)17-10-13(21)9-16(22)19(12)17/h2-5,8-10H,6-7H2,1H3,(H,23,26)(H,24,27)(H,28,29)/b12-8+. The second kappa shape index (κ2) is 8.55. The number of amides is 3. The lowest BCUT2D eigenvalue weighted by Crippen LogP contribution is -2.34. The fraction of sp³-hybridized carbons (Fsp3) is 0.150. The van der Waals surface area contributed by atoms with Gasteiger partial charge in [0.25, 0.3) is 0 Å². The SMILES string of the molecule is CC(=O)Nc1ccc(NC(=O)/C=C2\CCN(C(=O)O)c3cc(Cl)cc(Cl)c32)cc1. The minimum Gasteiger partial charge on any atom is -0.465 e. The molecule has 1 heterocycles. The highest BCUT2D eigenvalue weighted by Gasteiger charge is 2.28. The number of carboxylic acid groups (broad SMARTS) is 1. The van der Waals surface area contributed by atoms with E-state index in [2.05, 4.69) is 10.6 Å². The molecular formula is C20H17Cl2N3O4. The Kier molecular flexibility index (Phi) is 6.10. The first-order valence-corrected chi connectivity index (χ1v) is 9.39. The van der Waals surface area contributed by atoms with Crippen molar-refractivity contribution < 1.29 is 19.5 Å². The zero-order chi connectivity index (χ0) is 21.1. The lowest BCUT2D eigenvalue weighted by Gasteiger charge is -2.29. The van der Waals surface area contributed by atoms with Crippen molar-refractivity contribution in [3.05, 3.63) is 58.1 Å². The lowest BCUT2D eigenvalue weighted by atomic mass is 9.95. The molecule has 3 amide bonds. The molecule has 0 saturated heterocycles. The van der Waals surface area contributed by atoms with Gasteiger partial charge in [0, 0.05) is 41.5 Å². The Bertz CT molecular complexity index is 1020. The third-order valence-corrected chi connectivity index (χ3v) is 4.78. The minimum absolute atomic E-state index is 0.184. The number of carbonyl (C=O) groups is 3. The summed E-state index contributed by atoms with van der Waals surface area (Å²) in [6.45, 7) is 1.59. The number of halogens is 2. The van der Waals surface area contributed by atoms with Crippen molar-refractivity contribution in [3.8, 4) is 0 Å². The van der Waals surface area contributed by atoms with Crippen LogP contribution in [0.4, 0.5) is 21.9 Å². The quantitative estimate of drug-likeness (QED) is 0.601. The first-order chi connectivity index (χ1) is 13.7. The van der Waals surface area contributed by atoms with Gasteiger partial charge in [0.15, 0.2) is 0 Å². The van der Waals surface area contributed by atoms with Crippen molar-refractivity contribution in [1.29, 1.82) is 0 Å². The molecule has 0 aliphatic carbocycles. The van der Waals surface area contributed by atoms with Gasteiger partial charge in [-0.3, -0.25) is 14.5 Å². The smallest absolute Gasteiger partial charge is 0.411 e. The molecule has 0 saturated carbocycles. The van der Waals surface area contributed by atoms with Crippen molar-refractivity contribution in [3.63, 3.8) is 0 Å². The van der Waals surface area contributed by atoms with Crippen molar-refractivity contribution in [2.24, 2.45) is 0 Å². The van der Waals surface area contributed by atoms with E-state index >= 15 is 0 Å². The second-order valence-corrected chi connectivity index (χ2v) is 7.23. The molecule has 0 unspecified atom stereocenters. The summed E-state index contributed by atoms with van der Waals surface area (Å²) in [5, 5.41) is 15.4. The van der Waals surface area contributed by atoms with E-state index in [1.807, 2.05) is 0 Å². The fourth-order valence-electron chi connectivity index (χ4n) is 3.09. The molecule has 2 aromatic carbocycles. The molecule has 0 radical (unpaired) electrons. The van der Waals surface area contributed by atoms with Crippen LogP contribution >= 0.6 is 23.2 Å². The molecule has 0 bridgehead atoms. The molecule has 0 spiro atoms. The van der Waals surface area contributed by atoms with Gasteiger partial charge in [0.2, 0.25) is 11.8 Å². The van der Waals surface area contributed by atoms with Crippen molar-refractivity contribution in [1.82, 2.24) is 0 Å². The summed E-state index contributed by atoms with van der Waals surface area (Å²) < 4.78 is 0. The number of benzene rings is 2. The number of anilines is 3. The molecule has 3 rings (SSSR count). The van der Waals surface area contributed by atoms with Crippen molar-refractivity contribution in [2.75, 3.05) is 22.1 Å². The Labute approximate surface area is 176 Å². The van der Waals surface area contributed by atoms with Gasteiger partial charge in [-0.25, -0.2) is 4.79 Å². The first-order valence-electron chi connectivity index (χ1n) is 8.63. The minimum atomic E-state index is -1.12. The van der Waals surface area contributed by atoms with Crippen LogP contribution in [-0.2, 0) is 9.59 Å². The number of hydrogen-bond donors (Lipinski definition) is 3. The van der Waals surface area contributed by atoms with Crippen LogP contribution in [0.3, 0.4) is 0 Å². The van der Waals surface area contributed by atoms with Gasteiger partial charge >= 0.3 is 6.09 Å². The zero-order valence-electron chi connectivity index (χ0n) is 15.3. The van der Waals surface area contributed by atoms with E-state index in [4.69, 9.17) is 23.2 Å². The predicted octanol–water partition coefficient (Wildman–Crippen LogP) is 4.86. The summed E-state index contributed by atoms with van der Waals surface area (Å²) >= 11 is 12.3. The summed E-state index contributed by atoms with van der Waals surface area (Å²) in [7, 11) is 0. The maximum Gasteiger partial charge on any atom is 0.411 e. The van der Waals surface area contributed by atoms with Gasteiger partial charge in [0.1, 0.15) is 0 Å². The molecule has 0 fully saturated rings. The molecule has 1 aliphatic rings. The van der Waals surface area contributed by atoms with Crippen LogP contribution in [0.2, 0.25) is 10.0 Å². The van der Waals surface area contributed by atoms with Crippen LogP contribution in [-0.4, -0.2) is 29.6 Å². The number of rotatable bonds is 3. The third-order valence-electron chi connectivity index (χ3n) is 4.26. The summed E-state index contributed by atoms with van der Waals surface area (Å²) in [6, 6.07) is 9.69. The molecule has 150 valence electrons. The topological polar surface area (TPSA) is 98.7 Å². The number of nitrogens with one attached hydrogen (secondary N) is 2. The van der Waals surface area contributed by atoms with Crippen molar-refractivity contribution >= 4 is 63.7 Å². The van der Waals surface area contributed by atoms with E-state index in [1.54, 1.807) is 24.3 Å². The summed E-state index contributed by atoms with van der Waals surface area (Å²) in [5.41, 5.74) is 2.60. The highest BCUT2D eigenvalue weighted by molar-refractivity contribution is 6.37. The average molecular weight is 434 g/mol. The third kappa shape index (κ3) is 4.88. The van der Waals surface area contributed by atoms with Crippen LogP contribution in [0.25, 0.3) is 5.57 Å². The van der Waals surface area contributed by atoms with Crippen LogP contribution in [0, 0.1) is 0 Å². The predicted molar refractivity (Wildman–Crippen MR) is 114 cm³/mol. The van der Waals surface area contributed by atoms with E-state index in [1.165, 1.54) is 25.1 Å². The molecule has 9 heteroatoms. The monoisotopic (exact) mass is 433 g/mol. The number of carbonyl (C=O) groups excluding carboxylic acids is 2. The number of fused-ring (bicyclic) bond motifs is 1. The highest BCUT2D eigenvalue weighted by atomic mass is 35.5. The van der Waals surface area contributed by atoms with E-state index in [-0.39, 0.29) is 23.4 Å². The maximum atomic E-state index is 12.5. The van der Waals surface area contributed by atoms with E-state index < -0.39 is 6.09 Å². The second-order valence-electron chi connectivity index (χ2n) is 6.38. The van der Waals surface area contributed by atoms with Gasteiger partial charge in [-0.1, -0.05) is 23.2 Å². The molecule has 2 aromatic rings. The molecule has 0 atom stereocenters. The zero-order valence-corrected chi connectivity index (χ0v) is 16.8. The van der Waals surface area contributed by atoms with Gasteiger partial charge in [0.05, 0.1) is 10.7 Å².